The average Bonchev–Trinajstić information content (AvgIpc) is 2.91. The fourth-order valence-electron chi connectivity index (χ4n) is 2.69. The quantitative estimate of drug-likeness (QED) is 0.834. The van der Waals surface area contributed by atoms with Crippen LogP contribution in [0, 0.1) is 12.8 Å². The average molecular weight is 373 g/mol. The van der Waals surface area contributed by atoms with Crippen molar-refractivity contribution in [3.05, 3.63) is 58.6 Å². The second-order valence-electron chi connectivity index (χ2n) is 5.67. The molecule has 0 bridgehead atoms. The Balaban J connectivity index is 1.71. The van der Waals surface area contributed by atoms with Crippen LogP contribution in [0.4, 0.5) is 11.4 Å². The molecule has 1 atom stereocenters. The number of carbonyl (C=O) groups is 2. The summed E-state index contributed by atoms with van der Waals surface area (Å²) in [6.45, 7) is 2.54. The Bertz CT molecular complexity index is 743. The molecule has 1 heterocycles. The van der Waals surface area contributed by atoms with E-state index < -0.39 is 5.92 Å². The topological polar surface area (TPSA) is 49.4 Å². The molecular weight excluding hydrogens is 356 g/mol. The molecule has 1 saturated heterocycles. The highest BCUT2D eigenvalue weighted by molar-refractivity contribution is 9.10. The van der Waals surface area contributed by atoms with Gasteiger partial charge >= 0.3 is 0 Å². The fraction of sp³-hybridized carbons (Fsp3) is 0.222. The van der Waals surface area contributed by atoms with Crippen LogP contribution in [0.2, 0.25) is 0 Å². The molecule has 0 aromatic heterocycles. The lowest BCUT2D eigenvalue weighted by Crippen LogP contribution is -2.33. The van der Waals surface area contributed by atoms with E-state index in [2.05, 4.69) is 21.2 Å². The van der Waals surface area contributed by atoms with Crippen molar-refractivity contribution < 1.29 is 9.59 Å². The van der Waals surface area contributed by atoms with Crippen LogP contribution in [0.15, 0.2) is 53.0 Å². The summed E-state index contributed by atoms with van der Waals surface area (Å²) in [4.78, 5) is 26.6. The third-order valence-electron chi connectivity index (χ3n) is 3.96. The van der Waals surface area contributed by atoms with Crippen LogP contribution >= 0.6 is 15.9 Å². The predicted molar refractivity (Wildman–Crippen MR) is 94.4 cm³/mol. The van der Waals surface area contributed by atoms with Crippen LogP contribution in [-0.4, -0.2) is 18.4 Å². The van der Waals surface area contributed by atoms with Crippen molar-refractivity contribution in [2.24, 2.45) is 5.92 Å². The lowest BCUT2D eigenvalue weighted by atomic mass is 10.1. The van der Waals surface area contributed by atoms with Gasteiger partial charge in [0.25, 0.3) is 0 Å². The van der Waals surface area contributed by atoms with Crippen LogP contribution in [0.25, 0.3) is 0 Å². The zero-order valence-electron chi connectivity index (χ0n) is 12.8. The van der Waals surface area contributed by atoms with Crippen LogP contribution in [0.5, 0.6) is 0 Å². The van der Waals surface area contributed by atoms with Gasteiger partial charge in [-0.3, -0.25) is 9.59 Å². The van der Waals surface area contributed by atoms with Gasteiger partial charge in [-0.2, -0.15) is 0 Å². The normalized spacial score (nSPS) is 17.4. The number of nitrogens with zero attached hydrogens (tertiary/aromatic N) is 1. The van der Waals surface area contributed by atoms with Gasteiger partial charge in [-0.25, -0.2) is 0 Å². The van der Waals surface area contributed by atoms with Gasteiger partial charge in [-0.1, -0.05) is 39.7 Å². The zero-order valence-corrected chi connectivity index (χ0v) is 14.3. The van der Waals surface area contributed by atoms with Gasteiger partial charge in [-0.05, 0) is 43.7 Å². The Morgan fingerprint density at radius 2 is 1.96 bits per heavy atom. The first-order chi connectivity index (χ1) is 11.0. The van der Waals surface area contributed by atoms with E-state index in [0.29, 0.717) is 18.7 Å². The molecular formula is C18H17BrN2O2. The van der Waals surface area contributed by atoms with Gasteiger partial charge in [0.05, 0.1) is 0 Å². The standard InChI is InChI=1S/C18H17BrN2O2/c1-12-5-7-14(8-6-12)20-17(22)16-9-10-21(18(16)23)15-4-2-3-13(19)11-15/h2-8,11,16H,9-10H2,1H3,(H,20,22)/t16-/m0/s1. The summed E-state index contributed by atoms with van der Waals surface area (Å²) in [6.07, 6.45) is 0.531. The SMILES string of the molecule is Cc1ccc(NC(=O)[C@@H]2CCN(c3cccc(Br)c3)C2=O)cc1. The Kier molecular flexibility index (Phi) is 4.48. The number of amides is 2. The number of benzene rings is 2. The summed E-state index contributed by atoms with van der Waals surface area (Å²) in [5.41, 5.74) is 2.66. The largest absolute Gasteiger partial charge is 0.325 e. The summed E-state index contributed by atoms with van der Waals surface area (Å²) < 4.78 is 0.912. The molecule has 2 amide bonds. The maximum atomic E-state index is 12.6. The summed E-state index contributed by atoms with van der Waals surface area (Å²) in [7, 11) is 0. The monoisotopic (exact) mass is 372 g/mol. The molecule has 0 unspecified atom stereocenters. The van der Waals surface area contributed by atoms with E-state index in [4.69, 9.17) is 0 Å². The number of hydrogen-bond donors (Lipinski definition) is 1. The molecule has 0 saturated carbocycles. The minimum atomic E-state index is -0.629. The smallest absolute Gasteiger partial charge is 0.239 e. The van der Waals surface area contributed by atoms with E-state index in [0.717, 1.165) is 15.7 Å². The van der Waals surface area contributed by atoms with Gasteiger partial charge in [0, 0.05) is 22.4 Å². The second kappa shape index (κ2) is 6.54. The molecule has 118 valence electrons. The van der Waals surface area contributed by atoms with Crippen molar-refractivity contribution in [2.75, 3.05) is 16.8 Å². The van der Waals surface area contributed by atoms with Gasteiger partial charge in [0.1, 0.15) is 5.92 Å². The summed E-state index contributed by atoms with van der Waals surface area (Å²) >= 11 is 3.41. The minimum absolute atomic E-state index is 0.146. The van der Waals surface area contributed by atoms with Crippen LogP contribution in [0.1, 0.15) is 12.0 Å². The first-order valence-electron chi connectivity index (χ1n) is 7.49. The minimum Gasteiger partial charge on any atom is -0.325 e. The van der Waals surface area contributed by atoms with Crippen molar-refractivity contribution in [3.8, 4) is 0 Å². The zero-order chi connectivity index (χ0) is 16.4. The number of aryl methyl sites for hydroxylation is 1. The number of halogens is 1. The molecule has 2 aromatic carbocycles. The lowest BCUT2D eigenvalue weighted by molar-refractivity contribution is -0.129. The van der Waals surface area contributed by atoms with Crippen molar-refractivity contribution in [3.63, 3.8) is 0 Å². The number of nitrogens with one attached hydrogen (secondary N) is 1. The number of rotatable bonds is 3. The van der Waals surface area contributed by atoms with E-state index in [-0.39, 0.29) is 11.8 Å². The Morgan fingerprint density at radius 3 is 2.65 bits per heavy atom. The molecule has 23 heavy (non-hydrogen) atoms. The summed E-state index contributed by atoms with van der Waals surface area (Å²) in [5, 5.41) is 2.83. The van der Waals surface area contributed by atoms with Crippen LogP contribution < -0.4 is 10.2 Å². The van der Waals surface area contributed by atoms with E-state index in [1.165, 1.54) is 0 Å². The van der Waals surface area contributed by atoms with Gasteiger partial charge in [-0.15, -0.1) is 0 Å². The molecule has 0 spiro atoms. The molecule has 0 aliphatic carbocycles. The fourth-order valence-corrected chi connectivity index (χ4v) is 3.08. The number of carbonyl (C=O) groups excluding carboxylic acids is 2. The van der Waals surface area contributed by atoms with Crippen molar-refractivity contribution >= 4 is 39.1 Å². The second-order valence-corrected chi connectivity index (χ2v) is 6.58. The maximum Gasteiger partial charge on any atom is 0.239 e. The highest BCUT2D eigenvalue weighted by Gasteiger charge is 2.37. The maximum absolute atomic E-state index is 12.6. The predicted octanol–water partition coefficient (Wildman–Crippen LogP) is 3.75. The molecule has 4 nitrogen and oxygen atoms in total. The number of anilines is 2. The highest BCUT2D eigenvalue weighted by Crippen LogP contribution is 2.28. The summed E-state index contributed by atoms with van der Waals surface area (Å²) in [5.74, 6) is -1.01. The Hall–Kier alpha value is -2.14. The third kappa shape index (κ3) is 3.45. The van der Waals surface area contributed by atoms with Gasteiger partial charge in [0.15, 0.2) is 0 Å². The number of hydrogen-bond acceptors (Lipinski definition) is 2. The molecule has 0 radical (unpaired) electrons. The molecule has 5 heteroatoms. The summed E-state index contributed by atoms with van der Waals surface area (Å²) in [6, 6.07) is 15.1. The van der Waals surface area contributed by atoms with Crippen molar-refractivity contribution in [1.29, 1.82) is 0 Å². The van der Waals surface area contributed by atoms with E-state index in [1.807, 2.05) is 55.5 Å². The lowest BCUT2D eigenvalue weighted by Gasteiger charge is -2.17. The van der Waals surface area contributed by atoms with E-state index in [1.54, 1.807) is 4.90 Å². The highest BCUT2D eigenvalue weighted by atomic mass is 79.9. The Labute approximate surface area is 143 Å². The van der Waals surface area contributed by atoms with Crippen LogP contribution in [-0.2, 0) is 9.59 Å². The molecule has 1 aliphatic rings. The third-order valence-corrected chi connectivity index (χ3v) is 4.45. The Morgan fingerprint density at radius 1 is 1.22 bits per heavy atom. The molecule has 2 aromatic rings. The molecule has 3 rings (SSSR count). The molecule has 1 aliphatic heterocycles. The first kappa shape index (κ1) is 15.7. The molecule has 1 N–H and O–H groups in total. The van der Waals surface area contributed by atoms with E-state index >= 15 is 0 Å². The van der Waals surface area contributed by atoms with Crippen molar-refractivity contribution in [1.82, 2.24) is 0 Å². The van der Waals surface area contributed by atoms with Crippen LogP contribution in [0.3, 0.4) is 0 Å². The molecule has 1 fully saturated rings. The van der Waals surface area contributed by atoms with E-state index in [9.17, 15) is 9.59 Å². The van der Waals surface area contributed by atoms with Crippen molar-refractivity contribution in [2.45, 2.75) is 13.3 Å². The first-order valence-corrected chi connectivity index (χ1v) is 8.28. The van der Waals surface area contributed by atoms with Gasteiger partial charge < -0.3 is 10.2 Å². The van der Waals surface area contributed by atoms with Gasteiger partial charge in [0.2, 0.25) is 11.8 Å².